The van der Waals surface area contributed by atoms with Gasteiger partial charge in [0.1, 0.15) is 0 Å². The van der Waals surface area contributed by atoms with Crippen molar-refractivity contribution in [1.29, 1.82) is 0 Å². The van der Waals surface area contributed by atoms with Gasteiger partial charge >= 0.3 is 0 Å². The number of likely N-dealkylation sites (tertiary alicyclic amines) is 1. The summed E-state index contributed by atoms with van der Waals surface area (Å²) in [5.41, 5.74) is 0. The summed E-state index contributed by atoms with van der Waals surface area (Å²) in [5, 5.41) is 6.08. The fourth-order valence-electron chi connectivity index (χ4n) is 2.14. The lowest BCUT2D eigenvalue weighted by Crippen LogP contribution is -2.31. The Labute approximate surface area is 123 Å². The predicted octanol–water partition coefficient (Wildman–Crippen LogP) is 1.29. The molecule has 0 spiro atoms. The molecule has 0 bridgehead atoms. The number of carbonyl (C=O) groups is 1. The van der Waals surface area contributed by atoms with Gasteiger partial charge in [0.15, 0.2) is 0 Å². The molecule has 0 radical (unpaired) electrons. The van der Waals surface area contributed by atoms with E-state index in [0.717, 1.165) is 32.6 Å². The molecule has 1 amide bonds. The summed E-state index contributed by atoms with van der Waals surface area (Å²) < 4.78 is 0. The Hall–Kier alpha value is -0.0300. The molecule has 0 aromatic rings. The summed E-state index contributed by atoms with van der Waals surface area (Å²) in [6, 6.07) is 0. The maximum absolute atomic E-state index is 11.5. The minimum atomic E-state index is 0. The van der Waals surface area contributed by atoms with Crippen molar-refractivity contribution in [3.05, 3.63) is 0 Å². The van der Waals surface area contributed by atoms with Crippen LogP contribution in [0.4, 0.5) is 0 Å². The summed E-state index contributed by atoms with van der Waals surface area (Å²) in [7, 11) is 1.91. The van der Waals surface area contributed by atoms with Crippen molar-refractivity contribution in [3.8, 4) is 0 Å². The first-order valence-electron chi connectivity index (χ1n) is 6.40. The van der Waals surface area contributed by atoms with Crippen LogP contribution in [0.5, 0.6) is 0 Å². The van der Waals surface area contributed by atoms with Crippen LogP contribution in [0.1, 0.15) is 26.2 Å². The van der Waals surface area contributed by atoms with Crippen LogP contribution in [0.25, 0.3) is 0 Å². The van der Waals surface area contributed by atoms with E-state index in [4.69, 9.17) is 0 Å². The van der Waals surface area contributed by atoms with Gasteiger partial charge in [-0.15, -0.1) is 24.8 Å². The number of amides is 1. The van der Waals surface area contributed by atoms with E-state index < -0.39 is 0 Å². The van der Waals surface area contributed by atoms with Gasteiger partial charge in [0.25, 0.3) is 0 Å². The fraction of sp³-hybridized carbons (Fsp3) is 0.917. The minimum absolute atomic E-state index is 0. The van der Waals surface area contributed by atoms with Crippen LogP contribution >= 0.6 is 24.8 Å². The topological polar surface area (TPSA) is 44.4 Å². The fourth-order valence-corrected chi connectivity index (χ4v) is 2.14. The van der Waals surface area contributed by atoms with Gasteiger partial charge in [-0.05, 0) is 45.4 Å². The van der Waals surface area contributed by atoms with Crippen LogP contribution in [-0.4, -0.2) is 50.6 Å². The van der Waals surface area contributed by atoms with Crippen LogP contribution in [0.15, 0.2) is 0 Å². The zero-order valence-corrected chi connectivity index (χ0v) is 13.0. The van der Waals surface area contributed by atoms with Crippen molar-refractivity contribution < 1.29 is 4.79 Å². The number of hydrogen-bond acceptors (Lipinski definition) is 3. The smallest absolute Gasteiger partial charge is 0.220 e. The van der Waals surface area contributed by atoms with E-state index in [0.29, 0.717) is 12.3 Å². The molecule has 0 aromatic carbocycles. The van der Waals surface area contributed by atoms with Crippen LogP contribution in [0, 0.1) is 5.92 Å². The highest BCUT2D eigenvalue weighted by Gasteiger charge is 2.21. The monoisotopic (exact) mass is 299 g/mol. The van der Waals surface area contributed by atoms with Crippen molar-refractivity contribution in [3.63, 3.8) is 0 Å². The average molecular weight is 300 g/mol. The average Bonchev–Trinajstić information content (AvgIpc) is 2.74. The summed E-state index contributed by atoms with van der Waals surface area (Å²) in [4.78, 5) is 13.9. The molecule has 18 heavy (non-hydrogen) atoms. The molecule has 1 aliphatic rings. The van der Waals surface area contributed by atoms with E-state index in [2.05, 4.69) is 22.5 Å². The zero-order valence-electron chi connectivity index (χ0n) is 11.4. The highest BCUT2D eigenvalue weighted by atomic mass is 35.5. The van der Waals surface area contributed by atoms with Gasteiger partial charge in [-0.3, -0.25) is 4.79 Å². The maximum atomic E-state index is 11.5. The highest BCUT2D eigenvalue weighted by Crippen LogP contribution is 2.14. The molecule has 1 rings (SSSR count). The van der Waals surface area contributed by atoms with Crippen molar-refractivity contribution in [1.82, 2.24) is 15.5 Å². The Morgan fingerprint density at radius 1 is 1.39 bits per heavy atom. The summed E-state index contributed by atoms with van der Waals surface area (Å²) in [6.07, 6.45) is 2.80. The molecule has 1 saturated heterocycles. The normalized spacial score (nSPS) is 18.9. The molecule has 0 aliphatic carbocycles. The second kappa shape index (κ2) is 12.0. The molecule has 1 unspecified atom stereocenters. The lowest BCUT2D eigenvalue weighted by molar-refractivity contribution is -0.121. The van der Waals surface area contributed by atoms with Crippen LogP contribution in [-0.2, 0) is 4.79 Å². The maximum Gasteiger partial charge on any atom is 0.220 e. The lowest BCUT2D eigenvalue weighted by Gasteiger charge is -2.13. The Morgan fingerprint density at radius 2 is 2.11 bits per heavy atom. The number of hydrogen-bond donors (Lipinski definition) is 2. The molecule has 1 atom stereocenters. The van der Waals surface area contributed by atoms with Crippen molar-refractivity contribution in [2.45, 2.75) is 26.2 Å². The molecule has 0 aromatic heterocycles. The molecular formula is C12H27Cl2N3O. The third-order valence-electron chi connectivity index (χ3n) is 3.24. The Bertz CT molecular complexity index is 217. The Balaban J connectivity index is 0. The number of nitrogens with one attached hydrogen (secondary N) is 2. The SMILES string of the molecule is CCN1CCC(CNC(=O)CCCNC)C1.Cl.Cl. The minimum Gasteiger partial charge on any atom is -0.356 e. The Kier molecular flexibility index (Phi) is 13.6. The van der Waals surface area contributed by atoms with E-state index in [1.807, 2.05) is 7.05 Å². The molecule has 6 heteroatoms. The number of nitrogens with zero attached hydrogens (tertiary/aromatic N) is 1. The van der Waals surface area contributed by atoms with Gasteiger partial charge in [-0.1, -0.05) is 6.92 Å². The molecule has 1 aliphatic heterocycles. The van der Waals surface area contributed by atoms with Crippen molar-refractivity contribution in [2.24, 2.45) is 5.92 Å². The highest BCUT2D eigenvalue weighted by molar-refractivity contribution is 5.85. The molecule has 1 heterocycles. The summed E-state index contributed by atoms with van der Waals surface area (Å²) in [6.45, 7) is 7.44. The first-order valence-corrected chi connectivity index (χ1v) is 6.40. The molecule has 110 valence electrons. The van der Waals surface area contributed by atoms with Crippen LogP contribution in [0.2, 0.25) is 0 Å². The van der Waals surface area contributed by atoms with E-state index in [9.17, 15) is 4.79 Å². The largest absolute Gasteiger partial charge is 0.356 e. The van der Waals surface area contributed by atoms with Gasteiger partial charge in [0.05, 0.1) is 0 Å². The standard InChI is InChI=1S/C12H25N3O.2ClH/c1-3-15-8-6-11(10-15)9-14-12(16)5-4-7-13-2;;/h11,13H,3-10H2,1-2H3,(H,14,16);2*1H. The quantitative estimate of drug-likeness (QED) is 0.696. The second-order valence-corrected chi connectivity index (χ2v) is 4.56. The molecule has 2 N–H and O–H groups in total. The number of halogens is 2. The first-order chi connectivity index (χ1) is 7.76. The van der Waals surface area contributed by atoms with E-state index in [1.165, 1.54) is 13.0 Å². The van der Waals surface area contributed by atoms with Crippen molar-refractivity contribution in [2.75, 3.05) is 39.8 Å². The molecule has 1 fully saturated rings. The third kappa shape index (κ3) is 8.14. The zero-order chi connectivity index (χ0) is 11.8. The molecule has 4 nitrogen and oxygen atoms in total. The molecular weight excluding hydrogens is 273 g/mol. The van der Waals surface area contributed by atoms with Gasteiger partial charge in [0, 0.05) is 19.5 Å². The van der Waals surface area contributed by atoms with E-state index in [1.54, 1.807) is 0 Å². The third-order valence-corrected chi connectivity index (χ3v) is 3.24. The predicted molar refractivity (Wildman–Crippen MR) is 80.9 cm³/mol. The lowest BCUT2D eigenvalue weighted by atomic mass is 10.1. The molecule has 0 saturated carbocycles. The van der Waals surface area contributed by atoms with Gasteiger partial charge in [0.2, 0.25) is 5.91 Å². The van der Waals surface area contributed by atoms with Crippen LogP contribution < -0.4 is 10.6 Å². The van der Waals surface area contributed by atoms with Crippen molar-refractivity contribution >= 4 is 30.7 Å². The number of rotatable bonds is 7. The Morgan fingerprint density at radius 3 is 2.67 bits per heavy atom. The summed E-state index contributed by atoms with van der Waals surface area (Å²) in [5.74, 6) is 0.860. The van der Waals surface area contributed by atoms with Gasteiger partial charge in [-0.2, -0.15) is 0 Å². The van der Waals surface area contributed by atoms with Crippen LogP contribution in [0.3, 0.4) is 0 Å². The second-order valence-electron chi connectivity index (χ2n) is 4.56. The summed E-state index contributed by atoms with van der Waals surface area (Å²) >= 11 is 0. The van der Waals surface area contributed by atoms with E-state index in [-0.39, 0.29) is 30.7 Å². The number of carbonyl (C=O) groups excluding carboxylic acids is 1. The van der Waals surface area contributed by atoms with Gasteiger partial charge in [-0.25, -0.2) is 0 Å². The first kappa shape index (κ1) is 20.3. The van der Waals surface area contributed by atoms with E-state index >= 15 is 0 Å². The van der Waals surface area contributed by atoms with Gasteiger partial charge < -0.3 is 15.5 Å².